The molecule has 0 saturated carbocycles. The number of ether oxygens (including phenoxy) is 1. The maximum atomic E-state index is 12.5. The number of nitrogens with zero attached hydrogens (tertiary/aromatic N) is 1. The number of rotatable bonds is 10. The van der Waals surface area contributed by atoms with E-state index < -0.39 is 23.5 Å². The lowest BCUT2D eigenvalue weighted by atomic mass is 9.80. The summed E-state index contributed by atoms with van der Waals surface area (Å²) in [5, 5.41) is 39.2. The van der Waals surface area contributed by atoms with Crippen molar-refractivity contribution in [3.63, 3.8) is 0 Å². The fourth-order valence-corrected chi connectivity index (χ4v) is 5.68. The third-order valence-electron chi connectivity index (χ3n) is 7.95. The molecule has 1 fully saturated rings. The first kappa shape index (κ1) is 30.6. The molecular weight excluding hydrogens is 540 g/mol. The summed E-state index contributed by atoms with van der Waals surface area (Å²) in [6.45, 7) is 5.96. The van der Waals surface area contributed by atoms with E-state index >= 15 is 0 Å². The van der Waals surface area contributed by atoms with E-state index in [0.717, 1.165) is 37.4 Å². The Balaban J connectivity index is 1.25. The van der Waals surface area contributed by atoms with Gasteiger partial charge in [0.2, 0.25) is 0 Å². The smallest absolute Gasteiger partial charge is 0.334 e. The molecule has 2 aliphatic rings. The molecule has 0 atom stereocenters. The summed E-state index contributed by atoms with van der Waals surface area (Å²) >= 11 is 0. The third kappa shape index (κ3) is 6.92. The Morgan fingerprint density at radius 2 is 1.62 bits per heavy atom. The molecule has 11 heteroatoms. The van der Waals surface area contributed by atoms with Crippen molar-refractivity contribution in [3.05, 3.63) is 82.2 Å². The van der Waals surface area contributed by atoms with Crippen LogP contribution in [0.5, 0.6) is 5.75 Å². The zero-order chi connectivity index (χ0) is 30.4. The summed E-state index contributed by atoms with van der Waals surface area (Å²) in [5.74, 6) is -2.63. The molecule has 11 nitrogen and oxygen atoms in total. The van der Waals surface area contributed by atoms with E-state index in [9.17, 15) is 29.7 Å². The van der Waals surface area contributed by atoms with Gasteiger partial charge in [-0.25, -0.2) is 14.4 Å². The van der Waals surface area contributed by atoms with Crippen LogP contribution in [0, 0.1) is 0 Å². The van der Waals surface area contributed by atoms with Crippen LogP contribution in [-0.2, 0) is 15.2 Å². The minimum atomic E-state index is -1.20. The Labute approximate surface area is 244 Å². The van der Waals surface area contributed by atoms with Gasteiger partial charge < -0.3 is 40.9 Å². The fourth-order valence-electron chi connectivity index (χ4n) is 5.68. The number of aliphatic hydroxyl groups is 1. The lowest BCUT2D eigenvalue weighted by Crippen LogP contribution is -2.43. The van der Waals surface area contributed by atoms with Crippen LogP contribution in [-0.4, -0.2) is 71.5 Å². The van der Waals surface area contributed by atoms with Gasteiger partial charge in [0.25, 0.3) is 0 Å². The number of benzene rings is 2. The summed E-state index contributed by atoms with van der Waals surface area (Å²) < 4.78 is 5.29. The van der Waals surface area contributed by atoms with Gasteiger partial charge in [0.1, 0.15) is 5.75 Å². The number of nitrogens with one attached hydrogen (secondary N) is 3. The van der Waals surface area contributed by atoms with Gasteiger partial charge in [-0.15, -0.1) is 0 Å². The monoisotopic (exact) mass is 578 g/mol. The molecule has 0 unspecified atom stereocenters. The van der Waals surface area contributed by atoms with Crippen LogP contribution in [0.1, 0.15) is 50.2 Å². The quantitative estimate of drug-likeness (QED) is 0.232. The first-order chi connectivity index (χ1) is 20.0. The summed E-state index contributed by atoms with van der Waals surface area (Å²) in [6.07, 6.45) is 1.98. The van der Waals surface area contributed by atoms with Gasteiger partial charge in [0, 0.05) is 36.7 Å². The maximum absolute atomic E-state index is 12.5. The Hall–Kier alpha value is -4.35. The zero-order valence-electron chi connectivity index (χ0n) is 24.1. The number of piperidine rings is 1. The predicted octanol–water partition coefficient (Wildman–Crippen LogP) is 3.59. The van der Waals surface area contributed by atoms with Crippen LogP contribution in [0.3, 0.4) is 0 Å². The number of carbonyl (C=O) groups is 3. The van der Waals surface area contributed by atoms with E-state index in [-0.39, 0.29) is 17.2 Å². The molecule has 0 aromatic heterocycles. The number of carboxylic acid groups (broad SMARTS) is 2. The van der Waals surface area contributed by atoms with Crippen molar-refractivity contribution >= 4 is 23.7 Å². The number of methoxy groups -OCH3 is 1. The van der Waals surface area contributed by atoms with Gasteiger partial charge in [0.05, 0.1) is 29.8 Å². The lowest BCUT2D eigenvalue weighted by molar-refractivity contribution is -0.133. The van der Waals surface area contributed by atoms with Crippen LogP contribution in [0.4, 0.5) is 10.5 Å². The molecular formula is C31H38N4O7. The fraction of sp³-hybridized carbons (Fsp3) is 0.387. The average Bonchev–Trinajstić information content (AvgIpc) is 2.96. The van der Waals surface area contributed by atoms with Crippen LogP contribution >= 0.6 is 0 Å². The van der Waals surface area contributed by atoms with Crippen molar-refractivity contribution in [2.45, 2.75) is 44.6 Å². The standard InChI is InChI=1S/C31H38N4O7/c1-19-25(28(36)37)27(26(29(38)39)20(2)33-19)21-8-10-23(11-9-21)34-30(40)32-14-5-15-35-16-12-31(41,13-17-35)22-6-4-7-24(18-22)42-3/h4,6-11,18,27,33,41H,5,12-17H2,1-3H3,(H,36,37)(H,38,39)(H2,32,34,40). The average molecular weight is 579 g/mol. The molecule has 6 N–H and O–H groups in total. The number of hydrogen-bond donors (Lipinski definition) is 6. The van der Waals surface area contributed by atoms with E-state index in [4.69, 9.17) is 4.74 Å². The lowest BCUT2D eigenvalue weighted by Gasteiger charge is -2.38. The minimum Gasteiger partial charge on any atom is -0.497 e. The van der Waals surface area contributed by atoms with Gasteiger partial charge in [-0.3, -0.25) is 0 Å². The first-order valence-electron chi connectivity index (χ1n) is 13.9. The van der Waals surface area contributed by atoms with Gasteiger partial charge in [-0.1, -0.05) is 24.3 Å². The third-order valence-corrected chi connectivity index (χ3v) is 7.95. The maximum Gasteiger partial charge on any atom is 0.334 e. The number of amides is 2. The summed E-state index contributed by atoms with van der Waals surface area (Å²) in [5.41, 5.74) is 1.68. The number of carbonyl (C=O) groups excluding carboxylic acids is 1. The predicted molar refractivity (Wildman–Crippen MR) is 157 cm³/mol. The van der Waals surface area contributed by atoms with Crippen molar-refractivity contribution < 1.29 is 34.4 Å². The van der Waals surface area contributed by atoms with Gasteiger partial charge in [-0.05, 0) is 75.0 Å². The molecule has 4 rings (SSSR count). The normalized spacial score (nSPS) is 17.4. The van der Waals surface area contributed by atoms with E-state index in [0.29, 0.717) is 42.0 Å². The molecule has 2 aromatic rings. The molecule has 0 aliphatic carbocycles. The van der Waals surface area contributed by atoms with Crippen LogP contribution in [0.25, 0.3) is 0 Å². The Bertz CT molecular complexity index is 1360. The number of dihydropyridines is 1. The summed E-state index contributed by atoms with van der Waals surface area (Å²) in [7, 11) is 1.61. The highest BCUT2D eigenvalue weighted by atomic mass is 16.5. The molecule has 0 radical (unpaired) electrons. The van der Waals surface area contributed by atoms with E-state index in [2.05, 4.69) is 20.9 Å². The van der Waals surface area contributed by atoms with Crippen molar-refractivity contribution in [2.75, 3.05) is 38.6 Å². The number of aliphatic carboxylic acids is 2. The Morgan fingerprint density at radius 3 is 2.19 bits per heavy atom. The summed E-state index contributed by atoms with van der Waals surface area (Å²) in [4.78, 5) is 38.7. The highest BCUT2D eigenvalue weighted by Gasteiger charge is 2.36. The van der Waals surface area contributed by atoms with Gasteiger partial charge in [0.15, 0.2) is 0 Å². The Morgan fingerprint density at radius 1 is 1.00 bits per heavy atom. The van der Waals surface area contributed by atoms with Crippen LogP contribution in [0.2, 0.25) is 0 Å². The molecule has 2 aromatic carbocycles. The van der Waals surface area contributed by atoms with E-state index in [1.54, 1.807) is 45.2 Å². The van der Waals surface area contributed by atoms with E-state index in [1.807, 2.05) is 24.3 Å². The second-order valence-corrected chi connectivity index (χ2v) is 10.7. The molecule has 2 heterocycles. The molecule has 0 spiro atoms. The molecule has 0 bridgehead atoms. The highest BCUT2D eigenvalue weighted by Crippen LogP contribution is 2.38. The largest absolute Gasteiger partial charge is 0.497 e. The first-order valence-corrected chi connectivity index (χ1v) is 13.9. The topological polar surface area (TPSA) is 160 Å². The zero-order valence-corrected chi connectivity index (χ0v) is 24.1. The number of hydrogen-bond acceptors (Lipinski definition) is 7. The van der Waals surface area contributed by atoms with Crippen molar-refractivity contribution in [1.82, 2.24) is 15.5 Å². The molecule has 224 valence electrons. The van der Waals surface area contributed by atoms with Gasteiger partial charge >= 0.3 is 18.0 Å². The molecule has 2 amide bonds. The molecule has 2 aliphatic heterocycles. The molecule has 42 heavy (non-hydrogen) atoms. The highest BCUT2D eigenvalue weighted by molar-refractivity contribution is 5.98. The SMILES string of the molecule is COc1cccc(C2(O)CCN(CCCNC(=O)Nc3ccc(C4C(C(=O)O)=C(C)NC(C)=C4C(=O)O)cc3)CC2)c1. The van der Waals surface area contributed by atoms with Crippen LogP contribution in [0.15, 0.2) is 71.1 Å². The molecule has 1 saturated heterocycles. The number of allylic oxidation sites excluding steroid dienone is 2. The van der Waals surface area contributed by atoms with Crippen molar-refractivity contribution in [2.24, 2.45) is 0 Å². The second-order valence-electron chi connectivity index (χ2n) is 10.7. The number of carboxylic acids is 2. The van der Waals surface area contributed by atoms with E-state index in [1.165, 1.54) is 0 Å². The van der Waals surface area contributed by atoms with Gasteiger partial charge in [-0.2, -0.15) is 0 Å². The summed E-state index contributed by atoms with van der Waals surface area (Å²) in [6, 6.07) is 13.7. The Kier molecular flexibility index (Phi) is 9.54. The number of anilines is 1. The number of urea groups is 1. The second kappa shape index (κ2) is 13.1. The minimum absolute atomic E-state index is 0.0323. The van der Waals surface area contributed by atoms with Crippen molar-refractivity contribution in [3.8, 4) is 5.75 Å². The number of likely N-dealkylation sites (tertiary alicyclic amines) is 1. The van der Waals surface area contributed by atoms with Crippen molar-refractivity contribution in [1.29, 1.82) is 0 Å². The van der Waals surface area contributed by atoms with Crippen LogP contribution < -0.4 is 20.7 Å².